The van der Waals surface area contributed by atoms with Gasteiger partial charge in [0.1, 0.15) is 5.82 Å². The third kappa shape index (κ3) is 3.95. The van der Waals surface area contributed by atoms with Crippen LogP contribution in [0.3, 0.4) is 0 Å². The van der Waals surface area contributed by atoms with Gasteiger partial charge in [-0.15, -0.1) is 0 Å². The lowest BCUT2D eigenvalue weighted by atomic mass is 9.90. The molecule has 112 valence electrons. The van der Waals surface area contributed by atoms with Crippen molar-refractivity contribution in [3.63, 3.8) is 0 Å². The highest BCUT2D eigenvalue weighted by Gasteiger charge is 2.19. The normalized spacial score (nSPS) is 17.7. The maximum absolute atomic E-state index is 9.50. The Morgan fingerprint density at radius 2 is 1.65 bits per heavy atom. The van der Waals surface area contributed by atoms with Gasteiger partial charge in [0.15, 0.2) is 0 Å². The molecule has 2 rings (SSSR count). The van der Waals surface area contributed by atoms with Crippen LogP contribution in [-0.4, -0.2) is 23.2 Å². The topological polar surface area (TPSA) is 36.4 Å². The Kier molecular flexibility index (Phi) is 5.03. The minimum atomic E-state index is 0.0165. The van der Waals surface area contributed by atoms with Crippen LogP contribution in [0.4, 0.5) is 5.82 Å². The molecule has 0 aliphatic carbocycles. The van der Waals surface area contributed by atoms with Crippen LogP contribution in [-0.2, 0) is 12.0 Å². The second-order valence-electron chi connectivity index (χ2n) is 6.88. The molecule has 20 heavy (non-hydrogen) atoms. The van der Waals surface area contributed by atoms with E-state index in [2.05, 4.69) is 31.7 Å². The maximum atomic E-state index is 9.50. The lowest BCUT2D eigenvalue weighted by Crippen LogP contribution is -2.29. The first kappa shape index (κ1) is 15.3. The van der Waals surface area contributed by atoms with Gasteiger partial charge in [0, 0.05) is 24.2 Å². The maximum Gasteiger partial charge on any atom is 0.129 e. The van der Waals surface area contributed by atoms with E-state index in [0.29, 0.717) is 0 Å². The molecule has 3 heteroatoms. The molecular weight excluding hydrogens is 248 g/mol. The summed E-state index contributed by atoms with van der Waals surface area (Å²) in [6.07, 6.45) is 6.50. The van der Waals surface area contributed by atoms with Crippen molar-refractivity contribution in [3.8, 4) is 0 Å². The molecule has 3 nitrogen and oxygen atoms in total. The molecule has 0 aromatic carbocycles. The predicted molar refractivity (Wildman–Crippen MR) is 84.2 cm³/mol. The van der Waals surface area contributed by atoms with E-state index in [1.165, 1.54) is 32.1 Å². The minimum absolute atomic E-state index is 0.0165. The molecule has 1 aliphatic rings. The van der Waals surface area contributed by atoms with Crippen molar-refractivity contribution in [1.82, 2.24) is 4.98 Å². The van der Waals surface area contributed by atoms with Crippen LogP contribution >= 0.6 is 0 Å². The fraction of sp³-hybridized carbons (Fsp3) is 0.706. The summed E-state index contributed by atoms with van der Waals surface area (Å²) in [5.41, 5.74) is 2.06. The number of anilines is 1. The number of aliphatic hydroxyl groups excluding tert-OH is 1. The molecule has 2 heterocycles. The highest BCUT2D eigenvalue weighted by atomic mass is 16.3. The molecule has 0 amide bonds. The van der Waals surface area contributed by atoms with Gasteiger partial charge in [-0.1, -0.05) is 40.0 Å². The number of nitrogens with zero attached hydrogens (tertiary/aromatic N) is 2. The van der Waals surface area contributed by atoms with Gasteiger partial charge in [0.05, 0.1) is 6.61 Å². The van der Waals surface area contributed by atoms with Crippen LogP contribution in [0.5, 0.6) is 0 Å². The zero-order valence-electron chi connectivity index (χ0n) is 13.2. The third-order valence-electron chi connectivity index (χ3n) is 4.00. The number of pyridine rings is 1. The SMILES string of the molecule is CC(C)(C)c1cc(CO)cc(N2CCCCCCC2)n1. The number of hydrogen-bond donors (Lipinski definition) is 1. The van der Waals surface area contributed by atoms with E-state index >= 15 is 0 Å². The fourth-order valence-corrected chi connectivity index (χ4v) is 2.69. The quantitative estimate of drug-likeness (QED) is 0.896. The largest absolute Gasteiger partial charge is 0.392 e. The molecule has 1 aromatic rings. The first-order valence-electron chi connectivity index (χ1n) is 7.88. The average Bonchev–Trinajstić information content (AvgIpc) is 2.36. The molecule has 0 unspecified atom stereocenters. The number of hydrogen-bond acceptors (Lipinski definition) is 3. The number of aromatic nitrogens is 1. The zero-order chi connectivity index (χ0) is 14.6. The van der Waals surface area contributed by atoms with Gasteiger partial charge in [-0.2, -0.15) is 0 Å². The van der Waals surface area contributed by atoms with Crippen LogP contribution in [0.15, 0.2) is 12.1 Å². The molecular formula is C17H28N2O. The fourth-order valence-electron chi connectivity index (χ4n) is 2.69. The van der Waals surface area contributed by atoms with Crippen molar-refractivity contribution in [3.05, 3.63) is 23.4 Å². The van der Waals surface area contributed by atoms with E-state index in [1.807, 2.05) is 6.07 Å². The first-order valence-corrected chi connectivity index (χ1v) is 7.88. The van der Waals surface area contributed by atoms with Gasteiger partial charge in [0.25, 0.3) is 0 Å². The Balaban J connectivity index is 2.29. The Morgan fingerprint density at radius 3 is 2.20 bits per heavy atom. The highest BCUT2D eigenvalue weighted by molar-refractivity contribution is 5.44. The Hall–Kier alpha value is -1.09. The highest BCUT2D eigenvalue weighted by Crippen LogP contribution is 2.26. The monoisotopic (exact) mass is 276 g/mol. The Morgan fingerprint density at radius 1 is 1.05 bits per heavy atom. The van der Waals surface area contributed by atoms with Crippen molar-refractivity contribution in [1.29, 1.82) is 0 Å². The van der Waals surface area contributed by atoms with E-state index in [1.54, 1.807) is 0 Å². The second-order valence-corrected chi connectivity index (χ2v) is 6.88. The lowest BCUT2D eigenvalue weighted by Gasteiger charge is -2.28. The minimum Gasteiger partial charge on any atom is -0.392 e. The van der Waals surface area contributed by atoms with Crippen molar-refractivity contribution in [2.24, 2.45) is 0 Å². The Labute approximate surface area is 123 Å². The van der Waals surface area contributed by atoms with Crippen molar-refractivity contribution in [2.75, 3.05) is 18.0 Å². The molecule has 1 N–H and O–H groups in total. The van der Waals surface area contributed by atoms with Crippen LogP contribution in [0.2, 0.25) is 0 Å². The summed E-state index contributed by atoms with van der Waals surface area (Å²) >= 11 is 0. The van der Waals surface area contributed by atoms with E-state index in [9.17, 15) is 5.11 Å². The van der Waals surface area contributed by atoms with Crippen LogP contribution in [0.1, 0.15) is 64.1 Å². The summed E-state index contributed by atoms with van der Waals surface area (Å²) in [7, 11) is 0. The van der Waals surface area contributed by atoms with E-state index in [-0.39, 0.29) is 12.0 Å². The van der Waals surface area contributed by atoms with Gasteiger partial charge in [-0.25, -0.2) is 4.98 Å². The summed E-state index contributed by atoms with van der Waals surface area (Å²) in [5.74, 6) is 1.04. The lowest BCUT2D eigenvalue weighted by molar-refractivity contribution is 0.281. The number of rotatable bonds is 2. The van der Waals surface area contributed by atoms with Gasteiger partial charge in [-0.3, -0.25) is 0 Å². The second kappa shape index (κ2) is 6.57. The molecule has 1 fully saturated rings. The van der Waals surface area contributed by atoms with E-state index in [4.69, 9.17) is 4.98 Å². The third-order valence-corrected chi connectivity index (χ3v) is 4.00. The summed E-state index contributed by atoms with van der Waals surface area (Å²) in [6, 6.07) is 4.09. The predicted octanol–water partition coefficient (Wildman–Crippen LogP) is 3.64. The molecule has 1 saturated heterocycles. The zero-order valence-corrected chi connectivity index (χ0v) is 13.2. The Bertz CT molecular complexity index is 429. The van der Waals surface area contributed by atoms with E-state index in [0.717, 1.165) is 30.2 Å². The molecule has 0 bridgehead atoms. The number of aliphatic hydroxyl groups is 1. The summed E-state index contributed by atoms with van der Waals surface area (Å²) in [4.78, 5) is 7.26. The molecule has 1 aromatic heterocycles. The first-order chi connectivity index (χ1) is 9.50. The summed E-state index contributed by atoms with van der Waals surface area (Å²) in [5, 5.41) is 9.50. The van der Waals surface area contributed by atoms with Gasteiger partial charge >= 0.3 is 0 Å². The van der Waals surface area contributed by atoms with Crippen LogP contribution in [0.25, 0.3) is 0 Å². The van der Waals surface area contributed by atoms with Crippen LogP contribution < -0.4 is 4.90 Å². The van der Waals surface area contributed by atoms with Gasteiger partial charge < -0.3 is 10.0 Å². The molecule has 0 radical (unpaired) electrons. The average molecular weight is 276 g/mol. The molecule has 0 atom stereocenters. The molecule has 1 aliphatic heterocycles. The summed E-state index contributed by atoms with van der Waals surface area (Å²) < 4.78 is 0. The van der Waals surface area contributed by atoms with Gasteiger partial charge in [0.2, 0.25) is 0 Å². The smallest absolute Gasteiger partial charge is 0.129 e. The van der Waals surface area contributed by atoms with Crippen LogP contribution in [0, 0.1) is 0 Å². The van der Waals surface area contributed by atoms with Crippen molar-refractivity contribution < 1.29 is 5.11 Å². The van der Waals surface area contributed by atoms with Crippen molar-refractivity contribution >= 4 is 5.82 Å². The standard InChI is InChI=1S/C17H28N2O/c1-17(2,3)15-11-14(13-20)12-16(18-15)19-9-7-5-4-6-8-10-19/h11-12,20H,4-10,13H2,1-3H3. The molecule has 0 saturated carbocycles. The summed E-state index contributed by atoms with van der Waals surface area (Å²) in [6.45, 7) is 8.79. The van der Waals surface area contributed by atoms with E-state index < -0.39 is 0 Å². The van der Waals surface area contributed by atoms with Crippen molar-refractivity contribution in [2.45, 2.75) is 64.9 Å². The van der Waals surface area contributed by atoms with Gasteiger partial charge in [-0.05, 0) is 30.5 Å². The molecule has 0 spiro atoms.